The Morgan fingerprint density at radius 2 is 2.09 bits per heavy atom. The first-order chi connectivity index (χ1) is 15.6. The number of aryl methyl sites for hydroxylation is 1. The lowest BCUT2D eigenvalue weighted by molar-refractivity contribution is 0.0196. The van der Waals surface area contributed by atoms with Gasteiger partial charge in [-0.1, -0.05) is 12.1 Å². The molecule has 176 valence electrons. The molecule has 9 heteroatoms. The zero-order valence-electron chi connectivity index (χ0n) is 19.8. The summed E-state index contributed by atoms with van der Waals surface area (Å²) in [6.45, 7) is 8.30. The summed E-state index contributed by atoms with van der Waals surface area (Å²) in [4.78, 5) is 28.8. The van der Waals surface area contributed by atoms with E-state index in [1.165, 1.54) is 0 Å². The summed E-state index contributed by atoms with van der Waals surface area (Å²) in [7, 11) is 1.75. The largest absolute Gasteiger partial charge is 0.494 e. The average Bonchev–Trinajstić information content (AvgIpc) is 3.13. The molecule has 0 radical (unpaired) electrons. The summed E-state index contributed by atoms with van der Waals surface area (Å²) in [5, 5.41) is 14.2. The van der Waals surface area contributed by atoms with Crippen LogP contribution in [0, 0.1) is 6.92 Å². The molecule has 0 aliphatic carbocycles. The van der Waals surface area contributed by atoms with E-state index in [-0.39, 0.29) is 18.1 Å². The first-order valence-corrected chi connectivity index (χ1v) is 11.3. The lowest BCUT2D eigenvalue weighted by Crippen LogP contribution is -2.53. The van der Waals surface area contributed by atoms with E-state index in [0.717, 1.165) is 30.5 Å². The SMILES string of the molecule is Cc1cccc(Nc2nc(N3CCCCC3N(C)C(=O)OC(C)(C)C)nc3c[nH]c(O)c23)c1. The van der Waals surface area contributed by atoms with Crippen LogP contribution in [-0.2, 0) is 4.74 Å². The monoisotopic (exact) mass is 452 g/mol. The highest BCUT2D eigenvalue weighted by molar-refractivity contribution is 5.96. The Kier molecular flexibility index (Phi) is 6.05. The highest BCUT2D eigenvalue weighted by Crippen LogP contribution is 2.34. The Balaban J connectivity index is 1.70. The van der Waals surface area contributed by atoms with Crippen LogP contribution in [0.1, 0.15) is 45.6 Å². The van der Waals surface area contributed by atoms with E-state index in [4.69, 9.17) is 14.7 Å². The molecule has 1 atom stereocenters. The minimum atomic E-state index is -0.576. The van der Waals surface area contributed by atoms with E-state index in [9.17, 15) is 9.90 Å². The van der Waals surface area contributed by atoms with Gasteiger partial charge in [-0.05, 0) is 64.7 Å². The average molecular weight is 453 g/mol. The second-order valence-electron chi connectivity index (χ2n) is 9.53. The van der Waals surface area contributed by atoms with Crippen LogP contribution in [0.15, 0.2) is 30.5 Å². The third kappa shape index (κ3) is 4.97. The Hall–Kier alpha value is -3.49. The van der Waals surface area contributed by atoms with Crippen molar-refractivity contribution in [2.24, 2.45) is 0 Å². The maximum Gasteiger partial charge on any atom is 0.411 e. The van der Waals surface area contributed by atoms with Gasteiger partial charge < -0.3 is 25.0 Å². The molecule has 0 saturated carbocycles. The minimum absolute atomic E-state index is 0.00719. The van der Waals surface area contributed by atoms with Gasteiger partial charge in [0.15, 0.2) is 0 Å². The van der Waals surface area contributed by atoms with E-state index in [1.807, 2.05) is 56.9 Å². The number of aromatic nitrogens is 3. The van der Waals surface area contributed by atoms with E-state index in [2.05, 4.69) is 10.3 Å². The highest BCUT2D eigenvalue weighted by atomic mass is 16.6. The number of ether oxygens (including phenoxy) is 1. The lowest BCUT2D eigenvalue weighted by atomic mass is 10.1. The quantitative estimate of drug-likeness (QED) is 0.517. The minimum Gasteiger partial charge on any atom is -0.494 e. The molecular formula is C24H32N6O3. The number of hydrogen-bond acceptors (Lipinski definition) is 7. The third-order valence-electron chi connectivity index (χ3n) is 5.64. The van der Waals surface area contributed by atoms with Gasteiger partial charge in [-0.25, -0.2) is 9.78 Å². The number of amides is 1. The molecule has 9 nitrogen and oxygen atoms in total. The Bertz CT molecular complexity index is 1150. The fraction of sp³-hybridized carbons (Fsp3) is 0.458. The number of anilines is 3. The number of nitrogens with zero attached hydrogens (tertiary/aromatic N) is 4. The fourth-order valence-corrected chi connectivity index (χ4v) is 4.10. The van der Waals surface area contributed by atoms with Gasteiger partial charge in [0.05, 0.1) is 5.52 Å². The maximum atomic E-state index is 12.8. The van der Waals surface area contributed by atoms with Crippen molar-refractivity contribution < 1.29 is 14.6 Å². The summed E-state index contributed by atoms with van der Waals surface area (Å²) >= 11 is 0. The fourth-order valence-electron chi connectivity index (χ4n) is 4.10. The van der Waals surface area contributed by atoms with Crippen LogP contribution >= 0.6 is 0 Å². The van der Waals surface area contributed by atoms with Crippen molar-refractivity contribution in [3.63, 3.8) is 0 Å². The summed E-state index contributed by atoms with van der Waals surface area (Å²) < 4.78 is 5.59. The lowest BCUT2D eigenvalue weighted by Gasteiger charge is -2.41. The third-order valence-corrected chi connectivity index (χ3v) is 5.64. The molecule has 1 unspecified atom stereocenters. The molecule has 1 fully saturated rings. The number of aromatic hydroxyl groups is 1. The Morgan fingerprint density at radius 3 is 2.82 bits per heavy atom. The molecule has 3 N–H and O–H groups in total. The summed E-state index contributed by atoms with van der Waals surface area (Å²) in [6.07, 6.45) is 3.81. The highest BCUT2D eigenvalue weighted by Gasteiger charge is 2.33. The normalized spacial score (nSPS) is 16.6. The van der Waals surface area contributed by atoms with Crippen LogP contribution in [0.4, 0.5) is 22.2 Å². The molecule has 2 aromatic heterocycles. The molecule has 3 aromatic rings. The van der Waals surface area contributed by atoms with Gasteiger partial charge in [0.1, 0.15) is 23.0 Å². The molecule has 0 bridgehead atoms. The van der Waals surface area contributed by atoms with Crippen LogP contribution in [0.5, 0.6) is 5.88 Å². The van der Waals surface area contributed by atoms with Gasteiger partial charge in [0.25, 0.3) is 0 Å². The van der Waals surface area contributed by atoms with Crippen molar-refractivity contribution in [1.82, 2.24) is 19.9 Å². The smallest absolute Gasteiger partial charge is 0.411 e. The zero-order chi connectivity index (χ0) is 23.8. The molecule has 1 aliphatic rings. The summed E-state index contributed by atoms with van der Waals surface area (Å²) in [5.74, 6) is 1.01. The number of nitrogens with one attached hydrogen (secondary N) is 2. The van der Waals surface area contributed by atoms with E-state index in [1.54, 1.807) is 18.1 Å². The van der Waals surface area contributed by atoms with Crippen molar-refractivity contribution >= 4 is 34.4 Å². The zero-order valence-corrected chi connectivity index (χ0v) is 19.8. The van der Waals surface area contributed by atoms with E-state index in [0.29, 0.717) is 29.2 Å². The van der Waals surface area contributed by atoms with Crippen molar-refractivity contribution in [1.29, 1.82) is 0 Å². The standard InChI is InChI=1S/C24H32N6O3/c1-15-9-8-10-16(13-15)26-20-19-17(14-25-21(19)31)27-22(28-20)30-12-7-6-11-18(30)29(5)23(32)33-24(2,3)4/h8-10,13-14,18,25,31H,6-7,11-12H2,1-5H3,(H,26,27,28). The van der Waals surface area contributed by atoms with Crippen LogP contribution in [0.25, 0.3) is 10.9 Å². The first-order valence-electron chi connectivity index (χ1n) is 11.3. The van der Waals surface area contributed by atoms with Crippen LogP contribution in [-0.4, -0.2) is 56.4 Å². The van der Waals surface area contributed by atoms with Crippen molar-refractivity contribution in [3.8, 4) is 5.88 Å². The number of piperidine rings is 1. The Morgan fingerprint density at radius 1 is 1.30 bits per heavy atom. The molecular weight excluding hydrogens is 420 g/mol. The van der Waals surface area contributed by atoms with Gasteiger partial charge in [-0.2, -0.15) is 4.98 Å². The number of fused-ring (bicyclic) bond motifs is 1. The summed E-state index contributed by atoms with van der Waals surface area (Å²) in [6, 6.07) is 7.94. The van der Waals surface area contributed by atoms with Gasteiger partial charge in [-0.15, -0.1) is 0 Å². The number of carbonyl (C=O) groups is 1. The molecule has 3 heterocycles. The van der Waals surface area contributed by atoms with Gasteiger partial charge in [0.2, 0.25) is 11.8 Å². The van der Waals surface area contributed by atoms with Crippen LogP contribution in [0.2, 0.25) is 0 Å². The number of rotatable bonds is 4. The first kappa shape index (κ1) is 22.7. The van der Waals surface area contributed by atoms with E-state index < -0.39 is 5.60 Å². The van der Waals surface area contributed by atoms with Crippen LogP contribution in [0.3, 0.4) is 0 Å². The van der Waals surface area contributed by atoms with Crippen molar-refractivity contribution in [3.05, 3.63) is 36.0 Å². The molecule has 1 saturated heterocycles. The Labute approximate surface area is 193 Å². The molecule has 1 amide bonds. The van der Waals surface area contributed by atoms with Crippen molar-refractivity contribution in [2.75, 3.05) is 23.8 Å². The predicted octanol–water partition coefficient (Wildman–Crippen LogP) is 4.90. The maximum absolute atomic E-state index is 12.8. The van der Waals surface area contributed by atoms with Gasteiger partial charge in [-0.3, -0.25) is 4.90 Å². The number of H-pyrrole nitrogens is 1. The predicted molar refractivity (Wildman–Crippen MR) is 129 cm³/mol. The van der Waals surface area contributed by atoms with E-state index >= 15 is 0 Å². The number of aromatic amines is 1. The van der Waals surface area contributed by atoms with Crippen LogP contribution < -0.4 is 10.2 Å². The molecule has 33 heavy (non-hydrogen) atoms. The van der Waals surface area contributed by atoms with Gasteiger partial charge >= 0.3 is 6.09 Å². The number of carbonyl (C=O) groups excluding carboxylic acids is 1. The second kappa shape index (κ2) is 8.80. The molecule has 1 aromatic carbocycles. The summed E-state index contributed by atoms with van der Waals surface area (Å²) in [5.41, 5.74) is 1.99. The second-order valence-corrected chi connectivity index (χ2v) is 9.53. The molecule has 4 rings (SSSR count). The van der Waals surface area contributed by atoms with Crippen molar-refractivity contribution in [2.45, 2.75) is 58.7 Å². The number of hydrogen-bond donors (Lipinski definition) is 3. The molecule has 1 aliphatic heterocycles. The van der Waals surface area contributed by atoms with Gasteiger partial charge in [0, 0.05) is 25.5 Å². The number of benzene rings is 1. The molecule has 0 spiro atoms. The topological polar surface area (TPSA) is 107 Å².